The fourth-order valence-corrected chi connectivity index (χ4v) is 3.03. The van der Waals surface area contributed by atoms with Gasteiger partial charge in [-0.05, 0) is 30.4 Å². The van der Waals surface area contributed by atoms with E-state index in [0.29, 0.717) is 11.3 Å². The predicted molar refractivity (Wildman–Crippen MR) is 65.1 cm³/mol. The summed E-state index contributed by atoms with van der Waals surface area (Å²) >= 11 is 1.94. The molecule has 16 heavy (non-hydrogen) atoms. The molecule has 2 rings (SSSR count). The molecule has 1 aliphatic rings. The van der Waals surface area contributed by atoms with Crippen molar-refractivity contribution in [3.8, 4) is 6.07 Å². The fraction of sp³-hybridized carbons (Fsp3) is 0.417. The third-order valence-electron chi connectivity index (χ3n) is 2.82. The summed E-state index contributed by atoms with van der Waals surface area (Å²) in [7, 11) is 0. The highest BCUT2D eigenvalue weighted by atomic mass is 32.2. The summed E-state index contributed by atoms with van der Waals surface area (Å²) in [5.74, 6) is 0.701. The summed E-state index contributed by atoms with van der Waals surface area (Å²) in [4.78, 5) is 0. The summed E-state index contributed by atoms with van der Waals surface area (Å²) in [6.45, 7) is 2.18. The lowest BCUT2D eigenvalue weighted by atomic mass is 10.1. The van der Waals surface area contributed by atoms with Crippen LogP contribution < -0.4 is 5.32 Å². The number of nitriles is 1. The van der Waals surface area contributed by atoms with Gasteiger partial charge in [-0.25, -0.2) is 4.39 Å². The number of rotatable bonds is 2. The number of benzene rings is 1. The second kappa shape index (κ2) is 4.75. The molecule has 0 amide bonds. The second-order valence-electron chi connectivity index (χ2n) is 3.92. The van der Waals surface area contributed by atoms with Crippen LogP contribution in [-0.2, 0) is 0 Å². The molecule has 1 aromatic carbocycles. The van der Waals surface area contributed by atoms with Gasteiger partial charge in [-0.1, -0.05) is 6.92 Å². The van der Waals surface area contributed by atoms with Gasteiger partial charge in [0, 0.05) is 17.0 Å². The van der Waals surface area contributed by atoms with Crippen LogP contribution in [0.5, 0.6) is 0 Å². The van der Waals surface area contributed by atoms with Crippen molar-refractivity contribution in [1.82, 2.24) is 0 Å². The number of anilines is 1. The Labute approximate surface area is 98.8 Å². The zero-order chi connectivity index (χ0) is 11.5. The Morgan fingerprint density at radius 2 is 2.38 bits per heavy atom. The molecular formula is C12H13FN2S. The fourth-order valence-electron chi connectivity index (χ4n) is 1.84. The zero-order valence-electron chi connectivity index (χ0n) is 9.03. The predicted octanol–water partition coefficient (Wildman–Crippen LogP) is 3.00. The van der Waals surface area contributed by atoms with Crippen LogP contribution in [0, 0.1) is 17.1 Å². The number of nitrogens with one attached hydrogen (secondary N) is 1. The van der Waals surface area contributed by atoms with Crippen LogP contribution in [0.25, 0.3) is 0 Å². The van der Waals surface area contributed by atoms with Crippen molar-refractivity contribution in [3.05, 3.63) is 29.6 Å². The van der Waals surface area contributed by atoms with E-state index >= 15 is 0 Å². The Balaban J connectivity index is 2.13. The molecule has 0 bridgehead atoms. The molecule has 84 valence electrons. The van der Waals surface area contributed by atoms with E-state index in [9.17, 15) is 4.39 Å². The van der Waals surface area contributed by atoms with Crippen LogP contribution in [0.15, 0.2) is 18.2 Å². The highest BCUT2D eigenvalue weighted by Crippen LogP contribution is 2.29. The van der Waals surface area contributed by atoms with E-state index < -0.39 is 5.82 Å². The average Bonchev–Trinajstić information content (AvgIpc) is 2.67. The average molecular weight is 236 g/mol. The highest BCUT2D eigenvalue weighted by Gasteiger charge is 2.23. The molecule has 0 saturated carbocycles. The van der Waals surface area contributed by atoms with Crippen LogP contribution in [0.3, 0.4) is 0 Å². The van der Waals surface area contributed by atoms with E-state index in [2.05, 4.69) is 12.2 Å². The number of hydrogen-bond acceptors (Lipinski definition) is 3. The number of thioether (sulfide) groups is 1. The minimum atomic E-state index is -0.457. The lowest BCUT2D eigenvalue weighted by Crippen LogP contribution is -2.24. The maximum Gasteiger partial charge on any atom is 0.141 e. The molecule has 1 aromatic rings. The van der Waals surface area contributed by atoms with Gasteiger partial charge >= 0.3 is 0 Å². The lowest BCUT2D eigenvalue weighted by molar-refractivity contribution is 0.623. The summed E-state index contributed by atoms with van der Waals surface area (Å²) in [6, 6.07) is 6.87. The molecule has 1 N–H and O–H groups in total. The van der Waals surface area contributed by atoms with E-state index in [1.54, 1.807) is 12.1 Å². The minimum absolute atomic E-state index is 0.100. The molecule has 1 saturated heterocycles. The Morgan fingerprint density at radius 3 is 3.00 bits per heavy atom. The smallest absolute Gasteiger partial charge is 0.141 e. The maximum atomic E-state index is 13.1. The molecule has 0 aromatic heterocycles. The molecule has 2 unspecified atom stereocenters. The third-order valence-corrected chi connectivity index (χ3v) is 4.14. The van der Waals surface area contributed by atoms with Gasteiger partial charge in [-0.3, -0.25) is 0 Å². The molecule has 0 radical (unpaired) electrons. The second-order valence-corrected chi connectivity index (χ2v) is 5.41. The molecule has 1 fully saturated rings. The van der Waals surface area contributed by atoms with Gasteiger partial charge in [0.05, 0.1) is 5.56 Å². The monoisotopic (exact) mass is 236 g/mol. The molecule has 1 heterocycles. The molecular weight excluding hydrogens is 223 g/mol. The van der Waals surface area contributed by atoms with Gasteiger partial charge in [0.15, 0.2) is 0 Å². The standard InChI is InChI=1S/C12H13FN2S/c1-8-12(4-5-16-8)15-10-2-3-11(13)9(6-10)7-14/h2-3,6,8,12,15H,4-5H2,1H3. The first-order chi connectivity index (χ1) is 7.70. The summed E-state index contributed by atoms with van der Waals surface area (Å²) in [5, 5.41) is 12.7. The first-order valence-corrected chi connectivity index (χ1v) is 6.33. The van der Waals surface area contributed by atoms with Gasteiger partial charge in [-0.15, -0.1) is 0 Å². The van der Waals surface area contributed by atoms with Gasteiger partial charge < -0.3 is 5.32 Å². The van der Waals surface area contributed by atoms with E-state index in [1.165, 1.54) is 6.07 Å². The van der Waals surface area contributed by atoms with Gasteiger partial charge in [-0.2, -0.15) is 17.0 Å². The van der Waals surface area contributed by atoms with E-state index in [4.69, 9.17) is 5.26 Å². The van der Waals surface area contributed by atoms with Crippen molar-refractivity contribution >= 4 is 17.4 Å². The molecule has 1 aliphatic heterocycles. The molecule has 4 heteroatoms. The molecule has 0 spiro atoms. The van der Waals surface area contributed by atoms with Gasteiger partial charge in [0.1, 0.15) is 11.9 Å². The number of nitrogens with zero attached hydrogens (tertiary/aromatic N) is 1. The summed E-state index contributed by atoms with van der Waals surface area (Å²) in [5.41, 5.74) is 0.931. The largest absolute Gasteiger partial charge is 0.381 e. The first-order valence-electron chi connectivity index (χ1n) is 5.28. The Kier molecular flexibility index (Phi) is 3.35. The van der Waals surface area contributed by atoms with Crippen molar-refractivity contribution in [2.24, 2.45) is 0 Å². The summed E-state index contributed by atoms with van der Waals surface area (Å²) < 4.78 is 13.1. The van der Waals surface area contributed by atoms with Crippen molar-refractivity contribution in [2.75, 3.05) is 11.1 Å². The lowest BCUT2D eigenvalue weighted by Gasteiger charge is -2.17. The Morgan fingerprint density at radius 1 is 1.56 bits per heavy atom. The van der Waals surface area contributed by atoms with Crippen LogP contribution in [0.1, 0.15) is 18.9 Å². The SMILES string of the molecule is CC1SCCC1Nc1ccc(F)c(C#N)c1. The van der Waals surface area contributed by atoms with Crippen molar-refractivity contribution in [1.29, 1.82) is 5.26 Å². The van der Waals surface area contributed by atoms with Crippen LogP contribution in [-0.4, -0.2) is 17.0 Å². The van der Waals surface area contributed by atoms with Crippen molar-refractivity contribution < 1.29 is 4.39 Å². The van der Waals surface area contributed by atoms with Crippen LogP contribution >= 0.6 is 11.8 Å². The first kappa shape index (κ1) is 11.3. The number of halogens is 1. The van der Waals surface area contributed by atoms with Crippen LogP contribution in [0.4, 0.5) is 10.1 Å². The third kappa shape index (κ3) is 2.30. The minimum Gasteiger partial charge on any atom is -0.381 e. The van der Waals surface area contributed by atoms with Gasteiger partial charge in [0.2, 0.25) is 0 Å². The topological polar surface area (TPSA) is 35.8 Å². The van der Waals surface area contributed by atoms with E-state index in [-0.39, 0.29) is 5.56 Å². The van der Waals surface area contributed by atoms with Gasteiger partial charge in [0.25, 0.3) is 0 Å². The molecule has 0 aliphatic carbocycles. The summed E-state index contributed by atoms with van der Waals surface area (Å²) in [6.07, 6.45) is 1.12. The molecule has 2 nitrogen and oxygen atoms in total. The van der Waals surface area contributed by atoms with E-state index in [1.807, 2.05) is 17.8 Å². The normalized spacial score (nSPS) is 24.1. The molecule has 2 atom stereocenters. The zero-order valence-corrected chi connectivity index (χ0v) is 9.85. The Hall–Kier alpha value is -1.21. The highest BCUT2D eigenvalue weighted by molar-refractivity contribution is 8.00. The number of hydrogen-bond donors (Lipinski definition) is 1. The Bertz CT molecular complexity index is 428. The van der Waals surface area contributed by atoms with Crippen LogP contribution in [0.2, 0.25) is 0 Å². The quantitative estimate of drug-likeness (QED) is 0.857. The van der Waals surface area contributed by atoms with E-state index in [0.717, 1.165) is 17.9 Å². The van der Waals surface area contributed by atoms with Crippen molar-refractivity contribution in [3.63, 3.8) is 0 Å². The van der Waals surface area contributed by atoms with Crippen molar-refractivity contribution in [2.45, 2.75) is 24.6 Å². The maximum absolute atomic E-state index is 13.1.